The minimum atomic E-state index is -2.63. The maximum atomic E-state index is 13.1. The van der Waals surface area contributed by atoms with Gasteiger partial charge in [-0.3, -0.25) is 0 Å². The Morgan fingerprint density at radius 3 is 2.32 bits per heavy atom. The summed E-state index contributed by atoms with van der Waals surface area (Å²) < 4.78 is 31.2. The second-order valence-electron chi connectivity index (χ2n) is 4.98. The molecule has 120 valence electrons. The number of nitrogens with zero attached hydrogens (tertiary/aromatic N) is 3. The van der Waals surface area contributed by atoms with Crippen molar-refractivity contribution in [2.45, 2.75) is 18.8 Å². The van der Waals surface area contributed by atoms with Crippen LogP contribution in [0, 0.1) is 0 Å². The molecule has 0 aromatic heterocycles. The lowest BCUT2D eigenvalue weighted by atomic mass is 10.1. The highest BCUT2D eigenvalue weighted by Gasteiger charge is 2.34. The highest BCUT2D eigenvalue weighted by atomic mass is 19.3. The van der Waals surface area contributed by atoms with Crippen molar-refractivity contribution >= 4 is 17.6 Å². The van der Waals surface area contributed by atoms with Gasteiger partial charge < -0.3 is 21.1 Å². The van der Waals surface area contributed by atoms with E-state index in [2.05, 4.69) is 9.98 Å². The molecule has 4 N–H and O–H groups in total. The first kappa shape index (κ1) is 16.0. The molecule has 22 heavy (non-hydrogen) atoms. The zero-order valence-corrected chi connectivity index (χ0v) is 12.3. The quantitative estimate of drug-likeness (QED) is 0.642. The van der Waals surface area contributed by atoms with Gasteiger partial charge in [-0.05, 0) is 24.3 Å². The zero-order chi connectivity index (χ0) is 16.2. The van der Waals surface area contributed by atoms with Crippen LogP contribution in [0.3, 0.4) is 0 Å². The largest absolute Gasteiger partial charge is 0.497 e. The minimum Gasteiger partial charge on any atom is -0.497 e. The summed E-state index contributed by atoms with van der Waals surface area (Å²) in [5.41, 5.74) is 12.1. The van der Waals surface area contributed by atoms with Gasteiger partial charge in [-0.2, -0.15) is 4.99 Å². The third-order valence-electron chi connectivity index (χ3n) is 3.36. The summed E-state index contributed by atoms with van der Waals surface area (Å²) in [7, 11) is 1.57. The molecule has 0 amide bonds. The van der Waals surface area contributed by atoms with Crippen LogP contribution in [0.25, 0.3) is 0 Å². The molecule has 0 saturated carbocycles. The molecule has 1 aromatic rings. The Hall–Kier alpha value is -2.38. The van der Waals surface area contributed by atoms with Crippen LogP contribution in [0.5, 0.6) is 5.75 Å². The molecule has 0 bridgehead atoms. The SMILES string of the molecule is COc1ccc(N=C(N)/N=C(\N)N2CCC(F)(F)CC2)cc1. The van der Waals surface area contributed by atoms with E-state index >= 15 is 0 Å². The Kier molecular flexibility index (Phi) is 4.79. The Balaban J connectivity index is 2.02. The lowest BCUT2D eigenvalue weighted by molar-refractivity contribution is -0.0435. The Morgan fingerprint density at radius 1 is 1.18 bits per heavy atom. The second-order valence-corrected chi connectivity index (χ2v) is 4.98. The van der Waals surface area contributed by atoms with Gasteiger partial charge in [0, 0.05) is 25.9 Å². The van der Waals surface area contributed by atoms with E-state index in [9.17, 15) is 8.78 Å². The van der Waals surface area contributed by atoms with Crippen LogP contribution < -0.4 is 16.2 Å². The van der Waals surface area contributed by atoms with Crippen molar-refractivity contribution in [3.63, 3.8) is 0 Å². The average molecular weight is 311 g/mol. The number of ether oxygens (including phenoxy) is 1. The molecule has 0 radical (unpaired) electrons. The van der Waals surface area contributed by atoms with Gasteiger partial charge in [0.2, 0.25) is 5.96 Å². The molecule has 1 aliphatic heterocycles. The minimum absolute atomic E-state index is 0.0278. The highest BCUT2D eigenvalue weighted by molar-refractivity contribution is 5.94. The zero-order valence-electron chi connectivity index (χ0n) is 12.3. The smallest absolute Gasteiger partial charge is 0.251 e. The van der Waals surface area contributed by atoms with Crippen molar-refractivity contribution in [3.05, 3.63) is 24.3 Å². The number of methoxy groups -OCH3 is 1. The van der Waals surface area contributed by atoms with Crippen LogP contribution in [0.15, 0.2) is 34.3 Å². The first-order chi connectivity index (χ1) is 10.4. The number of aliphatic imine (C=N–C) groups is 2. The number of halogens is 2. The predicted molar refractivity (Wildman–Crippen MR) is 81.7 cm³/mol. The highest BCUT2D eigenvalue weighted by Crippen LogP contribution is 2.27. The van der Waals surface area contributed by atoms with Crippen LogP contribution in [-0.2, 0) is 0 Å². The van der Waals surface area contributed by atoms with Gasteiger partial charge in [-0.1, -0.05) is 0 Å². The molecule has 1 aliphatic rings. The lowest BCUT2D eigenvalue weighted by Gasteiger charge is -2.32. The molecule has 2 rings (SSSR count). The molecule has 1 heterocycles. The monoisotopic (exact) mass is 311 g/mol. The first-order valence-corrected chi connectivity index (χ1v) is 6.85. The third kappa shape index (κ3) is 4.31. The maximum Gasteiger partial charge on any atom is 0.251 e. The van der Waals surface area contributed by atoms with E-state index in [1.807, 2.05) is 0 Å². The van der Waals surface area contributed by atoms with Crippen LogP contribution in [0.2, 0.25) is 0 Å². The van der Waals surface area contributed by atoms with Gasteiger partial charge in [-0.15, -0.1) is 0 Å². The summed E-state index contributed by atoms with van der Waals surface area (Å²) >= 11 is 0. The standard InChI is InChI=1S/C14H19F2N5O/c1-22-11-4-2-10(3-5-11)19-12(17)20-13(18)21-8-6-14(15,16)7-9-21/h2-5H,6-9H2,1H3,(H4,17,18,19,20). The number of guanidine groups is 2. The number of rotatable bonds is 2. The van der Waals surface area contributed by atoms with Gasteiger partial charge in [0.1, 0.15) is 5.75 Å². The van der Waals surface area contributed by atoms with Crippen LogP contribution >= 0.6 is 0 Å². The van der Waals surface area contributed by atoms with Gasteiger partial charge in [0.05, 0.1) is 12.8 Å². The molecule has 0 spiro atoms. The maximum absolute atomic E-state index is 13.1. The van der Waals surface area contributed by atoms with Gasteiger partial charge in [0.15, 0.2) is 5.96 Å². The van der Waals surface area contributed by atoms with Crippen LogP contribution in [-0.4, -0.2) is 42.9 Å². The lowest BCUT2D eigenvalue weighted by Crippen LogP contribution is -2.46. The number of hydrogen-bond acceptors (Lipinski definition) is 2. The van der Waals surface area contributed by atoms with Crippen molar-refractivity contribution in [2.24, 2.45) is 21.5 Å². The molecule has 1 saturated heterocycles. The predicted octanol–water partition coefficient (Wildman–Crippen LogP) is 1.69. The molecule has 1 fully saturated rings. The Bertz CT molecular complexity index is 561. The fraction of sp³-hybridized carbons (Fsp3) is 0.429. The van der Waals surface area contributed by atoms with Gasteiger partial charge >= 0.3 is 0 Å². The fourth-order valence-electron chi connectivity index (χ4n) is 2.07. The fourth-order valence-corrected chi connectivity index (χ4v) is 2.07. The molecule has 8 heteroatoms. The number of piperidine rings is 1. The average Bonchev–Trinajstić information content (AvgIpc) is 2.47. The molecule has 0 unspecified atom stereocenters. The summed E-state index contributed by atoms with van der Waals surface area (Å²) in [6.07, 6.45) is -0.475. The number of alkyl halides is 2. The van der Waals surface area contributed by atoms with Crippen LogP contribution in [0.4, 0.5) is 14.5 Å². The molecule has 0 atom stereocenters. The number of hydrogen-bond donors (Lipinski definition) is 2. The first-order valence-electron chi connectivity index (χ1n) is 6.85. The van der Waals surface area contributed by atoms with Gasteiger partial charge in [-0.25, -0.2) is 13.8 Å². The normalized spacial score (nSPS) is 19.1. The molecule has 0 aliphatic carbocycles. The topological polar surface area (TPSA) is 89.2 Å². The number of benzene rings is 1. The summed E-state index contributed by atoms with van der Waals surface area (Å²) in [6, 6.07) is 6.93. The number of nitrogens with two attached hydrogens (primary N) is 2. The van der Waals surface area contributed by atoms with E-state index in [0.29, 0.717) is 11.4 Å². The molecule has 1 aromatic carbocycles. The van der Waals surface area contributed by atoms with E-state index < -0.39 is 5.92 Å². The summed E-state index contributed by atoms with van der Waals surface area (Å²) in [5.74, 6) is -1.85. The van der Waals surface area contributed by atoms with Crippen molar-refractivity contribution in [3.8, 4) is 5.75 Å². The summed E-state index contributed by atoms with van der Waals surface area (Å²) in [5, 5.41) is 0. The van der Waals surface area contributed by atoms with Crippen molar-refractivity contribution < 1.29 is 13.5 Å². The van der Waals surface area contributed by atoms with Crippen molar-refractivity contribution in [1.82, 2.24) is 4.90 Å². The van der Waals surface area contributed by atoms with Gasteiger partial charge in [0.25, 0.3) is 5.92 Å². The summed E-state index contributed by atoms with van der Waals surface area (Å²) in [4.78, 5) is 9.63. The third-order valence-corrected chi connectivity index (χ3v) is 3.36. The number of likely N-dealkylation sites (tertiary alicyclic amines) is 1. The molecule has 6 nitrogen and oxygen atoms in total. The Morgan fingerprint density at radius 2 is 1.77 bits per heavy atom. The van der Waals surface area contributed by atoms with Crippen molar-refractivity contribution in [2.75, 3.05) is 20.2 Å². The second kappa shape index (κ2) is 6.59. The molecular weight excluding hydrogens is 292 g/mol. The van der Waals surface area contributed by atoms with Crippen molar-refractivity contribution in [1.29, 1.82) is 0 Å². The Labute approximate surface area is 127 Å². The van der Waals surface area contributed by atoms with E-state index in [-0.39, 0.29) is 37.9 Å². The van der Waals surface area contributed by atoms with Crippen LogP contribution in [0.1, 0.15) is 12.8 Å². The molecular formula is C14H19F2N5O. The summed E-state index contributed by atoms with van der Waals surface area (Å²) in [6.45, 7) is 0.302. The van der Waals surface area contributed by atoms with E-state index in [0.717, 1.165) is 0 Å². The van der Waals surface area contributed by atoms with E-state index in [1.165, 1.54) is 0 Å². The van der Waals surface area contributed by atoms with E-state index in [4.69, 9.17) is 16.2 Å². The van der Waals surface area contributed by atoms with E-state index in [1.54, 1.807) is 36.3 Å².